The van der Waals surface area contributed by atoms with Gasteiger partial charge in [0.2, 0.25) is 0 Å². The summed E-state index contributed by atoms with van der Waals surface area (Å²) in [5, 5.41) is 7.23. The van der Waals surface area contributed by atoms with E-state index >= 15 is 0 Å². The van der Waals surface area contributed by atoms with Crippen LogP contribution < -0.4 is 5.32 Å². The van der Waals surface area contributed by atoms with Gasteiger partial charge in [-0.2, -0.15) is 5.10 Å². The van der Waals surface area contributed by atoms with Crippen molar-refractivity contribution in [3.63, 3.8) is 0 Å². The van der Waals surface area contributed by atoms with Gasteiger partial charge in [0.1, 0.15) is 0 Å². The van der Waals surface area contributed by atoms with Crippen LogP contribution >= 0.6 is 0 Å². The van der Waals surface area contributed by atoms with Gasteiger partial charge in [-0.05, 0) is 57.2 Å². The minimum atomic E-state index is -0.403. The summed E-state index contributed by atoms with van der Waals surface area (Å²) < 4.78 is 6.93. The van der Waals surface area contributed by atoms with Gasteiger partial charge in [-0.15, -0.1) is 0 Å². The van der Waals surface area contributed by atoms with Gasteiger partial charge < -0.3 is 10.1 Å². The summed E-state index contributed by atoms with van der Waals surface area (Å²) in [4.78, 5) is 28.6. The van der Waals surface area contributed by atoms with E-state index in [9.17, 15) is 9.59 Å². The molecule has 7 heteroatoms. The van der Waals surface area contributed by atoms with Crippen molar-refractivity contribution in [3.05, 3.63) is 64.1 Å². The molecule has 1 amide bonds. The number of ether oxygens (including phenoxy) is 1. The molecule has 158 valence electrons. The molecular weight excluding hydrogens is 380 g/mol. The molecule has 0 radical (unpaired) electrons. The summed E-state index contributed by atoms with van der Waals surface area (Å²) in [5.74, 6) is -0.695. The summed E-state index contributed by atoms with van der Waals surface area (Å²) in [6, 6.07) is 9.99. The molecule has 1 aromatic carbocycles. The standard InChI is InChI=1S/C23H28N4O3/c1-15-7-5-6-8-19(15)11-12-24-22(28)14-30-23(29)10-9-20-17(3)25-21-13-16(2)26-27(21)18(20)4/h5-8,13H,9-12,14H2,1-4H3,(H,24,28). The van der Waals surface area contributed by atoms with E-state index in [1.165, 1.54) is 11.1 Å². The molecule has 0 aliphatic heterocycles. The van der Waals surface area contributed by atoms with Gasteiger partial charge in [0.25, 0.3) is 5.91 Å². The Morgan fingerprint density at radius 3 is 2.63 bits per heavy atom. The number of benzene rings is 1. The first-order valence-corrected chi connectivity index (χ1v) is 10.1. The SMILES string of the molecule is Cc1cc2nc(C)c(CCC(=O)OCC(=O)NCCc3ccccc3C)c(C)n2n1. The Kier molecular flexibility index (Phi) is 6.82. The summed E-state index contributed by atoms with van der Waals surface area (Å²) in [5.41, 5.74) is 6.91. The Labute approximate surface area is 176 Å². The minimum absolute atomic E-state index is 0.186. The lowest BCUT2D eigenvalue weighted by atomic mass is 10.1. The summed E-state index contributed by atoms with van der Waals surface area (Å²) in [6.07, 6.45) is 1.42. The average molecular weight is 409 g/mol. The lowest BCUT2D eigenvalue weighted by Crippen LogP contribution is -2.30. The third-order valence-electron chi connectivity index (χ3n) is 5.21. The minimum Gasteiger partial charge on any atom is -0.456 e. The van der Waals surface area contributed by atoms with E-state index in [0.29, 0.717) is 13.0 Å². The number of nitrogens with zero attached hydrogens (tertiary/aromatic N) is 3. The first-order valence-electron chi connectivity index (χ1n) is 10.1. The molecule has 3 aromatic rings. The first-order chi connectivity index (χ1) is 14.3. The number of rotatable bonds is 8. The van der Waals surface area contributed by atoms with Crippen LogP contribution in [0.3, 0.4) is 0 Å². The second kappa shape index (κ2) is 9.52. The van der Waals surface area contributed by atoms with Crippen LogP contribution in [0.2, 0.25) is 0 Å². The Hall–Kier alpha value is -3.22. The number of carbonyl (C=O) groups is 2. The Bertz CT molecular complexity index is 1070. The molecule has 0 aliphatic carbocycles. The van der Waals surface area contributed by atoms with Gasteiger partial charge in [-0.1, -0.05) is 24.3 Å². The highest BCUT2D eigenvalue weighted by Gasteiger charge is 2.14. The van der Waals surface area contributed by atoms with Crippen LogP contribution in [0.5, 0.6) is 0 Å². The van der Waals surface area contributed by atoms with E-state index in [-0.39, 0.29) is 18.9 Å². The van der Waals surface area contributed by atoms with Crippen LogP contribution in [-0.4, -0.2) is 39.6 Å². The number of fused-ring (bicyclic) bond motifs is 1. The average Bonchev–Trinajstić information content (AvgIpc) is 3.08. The number of aryl methyl sites for hydroxylation is 4. The summed E-state index contributed by atoms with van der Waals surface area (Å²) in [6.45, 7) is 8.11. The monoisotopic (exact) mass is 408 g/mol. The van der Waals surface area contributed by atoms with Crippen molar-refractivity contribution in [3.8, 4) is 0 Å². The predicted molar refractivity (Wildman–Crippen MR) is 114 cm³/mol. The molecule has 0 bridgehead atoms. The maximum absolute atomic E-state index is 12.1. The molecule has 1 N–H and O–H groups in total. The zero-order valence-electron chi connectivity index (χ0n) is 18.0. The van der Waals surface area contributed by atoms with Crippen molar-refractivity contribution >= 4 is 17.5 Å². The molecule has 0 unspecified atom stereocenters. The quantitative estimate of drug-likeness (QED) is 0.579. The van der Waals surface area contributed by atoms with Gasteiger partial charge >= 0.3 is 5.97 Å². The molecule has 0 aliphatic rings. The first kappa shape index (κ1) is 21.5. The fourth-order valence-electron chi connectivity index (χ4n) is 3.53. The molecule has 2 heterocycles. The molecule has 0 saturated carbocycles. The molecule has 0 saturated heterocycles. The molecule has 0 spiro atoms. The van der Waals surface area contributed by atoms with Gasteiger partial charge in [-0.25, -0.2) is 9.50 Å². The molecule has 7 nitrogen and oxygen atoms in total. The number of esters is 1. The van der Waals surface area contributed by atoms with E-state index in [0.717, 1.165) is 34.7 Å². The number of amides is 1. The molecule has 0 fully saturated rings. The molecule has 0 atom stereocenters. The van der Waals surface area contributed by atoms with Crippen molar-refractivity contribution in [2.75, 3.05) is 13.2 Å². The van der Waals surface area contributed by atoms with E-state index in [2.05, 4.69) is 15.4 Å². The fraction of sp³-hybridized carbons (Fsp3) is 0.391. The number of carbonyl (C=O) groups excluding carboxylic acids is 2. The van der Waals surface area contributed by atoms with Gasteiger partial charge in [0, 0.05) is 30.4 Å². The Morgan fingerprint density at radius 2 is 1.87 bits per heavy atom. The van der Waals surface area contributed by atoms with Gasteiger partial charge in [-0.3, -0.25) is 9.59 Å². The fourth-order valence-corrected chi connectivity index (χ4v) is 3.53. The smallest absolute Gasteiger partial charge is 0.306 e. The third kappa shape index (κ3) is 5.23. The maximum Gasteiger partial charge on any atom is 0.306 e. The van der Waals surface area contributed by atoms with E-state index < -0.39 is 5.97 Å². The number of nitrogens with one attached hydrogen (secondary N) is 1. The molecule has 2 aromatic heterocycles. The highest BCUT2D eigenvalue weighted by molar-refractivity contribution is 5.80. The van der Waals surface area contributed by atoms with Crippen LogP contribution in [0.1, 0.15) is 40.2 Å². The largest absolute Gasteiger partial charge is 0.456 e. The second-order valence-corrected chi connectivity index (χ2v) is 7.50. The Morgan fingerprint density at radius 1 is 1.10 bits per heavy atom. The normalized spacial score (nSPS) is 10.9. The van der Waals surface area contributed by atoms with Crippen LogP contribution in [0.25, 0.3) is 5.65 Å². The number of hydrogen-bond donors (Lipinski definition) is 1. The molecule has 3 rings (SSSR count). The van der Waals surface area contributed by atoms with Crippen LogP contribution in [-0.2, 0) is 27.2 Å². The van der Waals surface area contributed by atoms with Crippen molar-refractivity contribution in [1.29, 1.82) is 0 Å². The zero-order chi connectivity index (χ0) is 21.7. The topological polar surface area (TPSA) is 85.6 Å². The molecular formula is C23H28N4O3. The highest BCUT2D eigenvalue weighted by atomic mass is 16.5. The van der Waals surface area contributed by atoms with Crippen molar-refractivity contribution in [2.45, 2.75) is 47.0 Å². The molecule has 30 heavy (non-hydrogen) atoms. The number of aromatic nitrogens is 3. The lowest BCUT2D eigenvalue weighted by molar-refractivity contribution is -0.148. The summed E-state index contributed by atoms with van der Waals surface area (Å²) >= 11 is 0. The van der Waals surface area contributed by atoms with Gasteiger partial charge in [0.05, 0.1) is 5.69 Å². The zero-order valence-corrected chi connectivity index (χ0v) is 18.0. The Balaban J connectivity index is 1.44. The summed E-state index contributed by atoms with van der Waals surface area (Å²) in [7, 11) is 0. The van der Waals surface area contributed by atoms with Crippen molar-refractivity contribution in [1.82, 2.24) is 19.9 Å². The lowest BCUT2D eigenvalue weighted by Gasteiger charge is -2.11. The van der Waals surface area contributed by atoms with Crippen LogP contribution in [0.15, 0.2) is 30.3 Å². The maximum atomic E-state index is 12.1. The van der Waals surface area contributed by atoms with Crippen LogP contribution in [0, 0.1) is 27.7 Å². The van der Waals surface area contributed by atoms with Gasteiger partial charge in [0.15, 0.2) is 12.3 Å². The van der Waals surface area contributed by atoms with E-state index in [1.54, 1.807) is 4.52 Å². The van der Waals surface area contributed by atoms with Crippen molar-refractivity contribution in [2.24, 2.45) is 0 Å². The second-order valence-electron chi connectivity index (χ2n) is 7.50. The van der Waals surface area contributed by atoms with Crippen LogP contribution in [0.4, 0.5) is 0 Å². The number of hydrogen-bond acceptors (Lipinski definition) is 5. The van der Waals surface area contributed by atoms with Crippen molar-refractivity contribution < 1.29 is 14.3 Å². The third-order valence-corrected chi connectivity index (χ3v) is 5.21. The highest BCUT2D eigenvalue weighted by Crippen LogP contribution is 2.17. The predicted octanol–water partition coefficient (Wildman–Crippen LogP) is 2.80. The van der Waals surface area contributed by atoms with E-state index in [1.807, 2.05) is 58.0 Å². The van der Waals surface area contributed by atoms with E-state index in [4.69, 9.17) is 4.74 Å².